The van der Waals surface area contributed by atoms with Gasteiger partial charge in [-0.1, -0.05) is 24.3 Å². The van der Waals surface area contributed by atoms with Crippen LogP contribution >= 0.6 is 11.3 Å². The van der Waals surface area contributed by atoms with Crippen LogP contribution in [0, 0.1) is 0 Å². The van der Waals surface area contributed by atoms with Crippen LogP contribution in [0.2, 0.25) is 0 Å². The third-order valence-electron chi connectivity index (χ3n) is 4.31. The molecule has 0 aliphatic carbocycles. The molecular weight excluding hydrogens is 443 g/mol. The first-order chi connectivity index (χ1) is 15.2. The number of carbonyl (C=O) groups excluding carboxylic acids is 2. The second-order valence-electron chi connectivity index (χ2n) is 6.88. The van der Waals surface area contributed by atoms with Crippen LogP contribution in [0.15, 0.2) is 54.7 Å². The molecule has 0 unspecified atom stereocenters. The number of ether oxygens (including phenoxy) is 1. The van der Waals surface area contributed by atoms with E-state index >= 15 is 0 Å². The summed E-state index contributed by atoms with van der Waals surface area (Å²) in [6.45, 7) is 1.99. The van der Waals surface area contributed by atoms with Gasteiger partial charge >= 0.3 is 6.36 Å². The molecule has 0 aliphatic rings. The van der Waals surface area contributed by atoms with Crippen LogP contribution in [0.5, 0.6) is 5.75 Å². The number of carbonyl (C=O) groups is 2. The molecule has 3 rings (SSSR count). The Labute approximate surface area is 186 Å². The lowest BCUT2D eigenvalue weighted by Crippen LogP contribution is -2.22. The number of nitrogens with one attached hydrogen (secondary N) is 2. The number of hydrogen-bond donors (Lipinski definition) is 2. The van der Waals surface area contributed by atoms with Crippen molar-refractivity contribution >= 4 is 28.3 Å². The number of halogens is 3. The topological polar surface area (TPSA) is 80.3 Å². The third-order valence-corrected chi connectivity index (χ3v) is 5.23. The molecule has 168 valence electrons. The summed E-state index contributed by atoms with van der Waals surface area (Å²) in [7, 11) is 0. The van der Waals surface area contributed by atoms with Crippen molar-refractivity contribution in [3.8, 4) is 5.75 Å². The second kappa shape index (κ2) is 10.3. The number of thiazole rings is 1. The predicted molar refractivity (Wildman–Crippen MR) is 115 cm³/mol. The van der Waals surface area contributed by atoms with E-state index in [4.69, 9.17) is 0 Å². The first kappa shape index (κ1) is 23.3. The maximum Gasteiger partial charge on any atom is 0.573 e. The normalized spacial score (nSPS) is 11.1. The smallest absolute Gasteiger partial charge is 0.406 e. The van der Waals surface area contributed by atoms with Crippen LogP contribution in [0.1, 0.15) is 33.3 Å². The number of alkyl halides is 3. The second-order valence-corrected chi connectivity index (χ2v) is 8.00. The lowest BCUT2D eigenvalue weighted by molar-refractivity contribution is -0.274. The zero-order valence-electron chi connectivity index (χ0n) is 17.0. The molecule has 1 aromatic heterocycles. The highest BCUT2D eigenvalue weighted by Gasteiger charge is 2.30. The summed E-state index contributed by atoms with van der Waals surface area (Å²) in [5.74, 6) is -0.663. The van der Waals surface area contributed by atoms with Crippen LogP contribution in [0.4, 0.5) is 18.3 Å². The Morgan fingerprint density at radius 1 is 1.03 bits per heavy atom. The van der Waals surface area contributed by atoms with E-state index in [-0.39, 0.29) is 17.6 Å². The largest absolute Gasteiger partial charge is 0.573 e. The van der Waals surface area contributed by atoms with Gasteiger partial charge in [-0.15, -0.1) is 24.5 Å². The highest BCUT2D eigenvalue weighted by Crippen LogP contribution is 2.25. The maximum atomic E-state index is 12.4. The van der Waals surface area contributed by atoms with Crippen LogP contribution in [0.3, 0.4) is 0 Å². The van der Waals surface area contributed by atoms with Crippen molar-refractivity contribution in [2.24, 2.45) is 0 Å². The molecular formula is C22H20F3N3O3S. The predicted octanol–water partition coefficient (Wildman–Crippen LogP) is 4.56. The minimum Gasteiger partial charge on any atom is -0.406 e. The van der Waals surface area contributed by atoms with Gasteiger partial charge in [0.2, 0.25) is 5.91 Å². The Morgan fingerprint density at radius 3 is 2.31 bits per heavy atom. The van der Waals surface area contributed by atoms with E-state index in [2.05, 4.69) is 20.4 Å². The molecule has 0 spiro atoms. The standard InChI is InChI=1S/C22H20F3N3O3S/c1-14(29)26-11-10-15-2-6-17(7-3-15)20(30)28-21-27-13-19(32-21)12-16-4-8-18(9-5-16)31-22(23,24)25/h2-9,13H,10-12H2,1H3,(H,26,29)(H,27,28,30). The van der Waals surface area contributed by atoms with E-state index in [9.17, 15) is 22.8 Å². The molecule has 2 aromatic carbocycles. The molecule has 2 amide bonds. The molecule has 6 nitrogen and oxygen atoms in total. The Bertz CT molecular complexity index is 1060. The average Bonchev–Trinajstić information content (AvgIpc) is 3.15. The zero-order chi connectivity index (χ0) is 23.1. The fourth-order valence-electron chi connectivity index (χ4n) is 2.83. The van der Waals surface area contributed by atoms with Gasteiger partial charge in [0.05, 0.1) is 0 Å². The third kappa shape index (κ3) is 7.38. The fraction of sp³-hybridized carbons (Fsp3) is 0.227. The quantitative estimate of drug-likeness (QED) is 0.513. The molecule has 2 N–H and O–H groups in total. The van der Waals surface area contributed by atoms with Crippen LogP contribution in [-0.2, 0) is 17.6 Å². The Balaban J connectivity index is 1.53. The van der Waals surface area contributed by atoms with Crippen molar-refractivity contribution in [3.05, 3.63) is 76.3 Å². The van der Waals surface area contributed by atoms with Gasteiger partial charge in [-0.3, -0.25) is 14.9 Å². The minimum absolute atomic E-state index is 0.0868. The Hall–Kier alpha value is -3.40. The van der Waals surface area contributed by atoms with Gasteiger partial charge in [0.1, 0.15) is 5.75 Å². The van der Waals surface area contributed by atoms with Gasteiger partial charge in [0.15, 0.2) is 5.13 Å². The summed E-state index contributed by atoms with van der Waals surface area (Å²) in [6, 6.07) is 12.7. The molecule has 32 heavy (non-hydrogen) atoms. The first-order valence-electron chi connectivity index (χ1n) is 9.62. The highest BCUT2D eigenvalue weighted by atomic mass is 32.1. The van der Waals surface area contributed by atoms with Crippen molar-refractivity contribution in [1.29, 1.82) is 0 Å². The molecule has 0 aliphatic heterocycles. The van der Waals surface area contributed by atoms with Gasteiger partial charge in [-0.2, -0.15) is 0 Å². The van der Waals surface area contributed by atoms with Gasteiger partial charge in [0.25, 0.3) is 5.91 Å². The van der Waals surface area contributed by atoms with Gasteiger partial charge in [0, 0.05) is 36.5 Å². The molecule has 10 heteroatoms. The summed E-state index contributed by atoms with van der Waals surface area (Å²) in [5.41, 5.74) is 2.26. The van der Waals surface area contributed by atoms with Crippen molar-refractivity contribution in [3.63, 3.8) is 0 Å². The summed E-state index contributed by atoms with van der Waals surface area (Å²) in [4.78, 5) is 28.4. The number of aromatic nitrogens is 1. The van der Waals surface area contributed by atoms with E-state index < -0.39 is 6.36 Å². The Kier molecular flexibility index (Phi) is 7.47. The first-order valence-corrected chi connectivity index (χ1v) is 10.4. The van der Waals surface area contributed by atoms with Gasteiger partial charge in [-0.25, -0.2) is 4.98 Å². The molecule has 0 fully saturated rings. The highest BCUT2D eigenvalue weighted by molar-refractivity contribution is 7.15. The number of hydrogen-bond acceptors (Lipinski definition) is 5. The number of rotatable bonds is 8. The molecule has 0 bridgehead atoms. The summed E-state index contributed by atoms with van der Waals surface area (Å²) in [6.07, 6.45) is -1.98. The number of amides is 2. The van der Waals surface area contributed by atoms with Crippen molar-refractivity contribution < 1.29 is 27.5 Å². The zero-order valence-corrected chi connectivity index (χ0v) is 17.8. The molecule has 0 radical (unpaired) electrons. The molecule has 1 heterocycles. The molecule has 0 saturated carbocycles. The molecule has 0 atom stereocenters. The summed E-state index contributed by atoms with van der Waals surface area (Å²) < 4.78 is 40.6. The maximum absolute atomic E-state index is 12.4. The van der Waals surface area contributed by atoms with Crippen molar-refractivity contribution in [1.82, 2.24) is 10.3 Å². The van der Waals surface area contributed by atoms with Crippen molar-refractivity contribution in [2.75, 3.05) is 11.9 Å². The average molecular weight is 463 g/mol. The van der Waals surface area contributed by atoms with Crippen molar-refractivity contribution in [2.45, 2.75) is 26.1 Å². The van der Waals surface area contributed by atoms with E-state index in [0.717, 1.165) is 16.0 Å². The van der Waals surface area contributed by atoms with Crippen LogP contribution < -0.4 is 15.4 Å². The number of anilines is 1. The lowest BCUT2D eigenvalue weighted by Gasteiger charge is -2.08. The van der Waals surface area contributed by atoms with E-state index in [1.807, 2.05) is 12.1 Å². The van der Waals surface area contributed by atoms with Gasteiger partial charge < -0.3 is 10.1 Å². The van der Waals surface area contributed by atoms with E-state index in [1.54, 1.807) is 30.5 Å². The monoisotopic (exact) mass is 463 g/mol. The van der Waals surface area contributed by atoms with E-state index in [1.165, 1.54) is 30.4 Å². The SMILES string of the molecule is CC(=O)NCCc1ccc(C(=O)Nc2ncc(Cc3ccc(OC(F)(F)F)cc3)s2)cc1. The number of nitrogens with zero attached hydrogens (tertiary/aromatic N) is 1. The molecule has 3 aromatic rings. The lowest BCUT2D eigenvalue weighted by atomic mass is 10.1. The Morgan fingerprint density at radius 2 is 1.69 bits per heavy atom. The summed E-state index contributed by atoms with van der Waals surface area (Å²) >= 11 is 1.29. The fourth-order valence-corrected chi connectivity index (χ4v) is 3.67. The van der Waals surface area contributed by atoms with E-state index in [0.29, 0.717) is 30.1 Å². The van der Waals surface area contributed by atoms with Crippen LogP contribution in [-0.4, -0.2) is 29.7 Å². The number of benzene rings is 2. The minimum atomic E-state index is -4.72. The molecule has 0 saturated heterocycles. The van der Waals surface area contributed by atoms with Gasteiger partial charge in [-0.05, 0) is 41.8 Å². The summed E-state index contributed by atoms with van der Waals surface area (Å²) in [5, 5.41) is 5.89. The van der Waals surface area contributed by atoms with Crippen LogP contribution in [0.25, 0.3) is 0 Å².